The molecule has 120 valence electrons. The minimum Gasteiger partial charge on any atom is -0.369 e. The van der Waals surface area contributed by atoms with E-state index in [0.29, 0.717) is 16.8 Å². The van der Waals surface area contributed by atoms with E-state index >= 15 is 0 Å². The normalized spacial score (nSPS) is 14.8. The first kappa shape index (κ1) is 15.7. The van der Waals surface area contributed by atoms with Crippen molar-refractivity contribution in [2.75, 3.05) is 18.0 Å². The molecular formula is C20H22FNO. The second kappa shape index (κ2) is 6.53. The van der Waals surface area contributed by atoms with Gasteiger partial charge in [-0.25, -0.2) is 4.39 Å². The average Bonchev–Trinajstić information content (AvgIpc) is 2.57. The number of hydrogen-bond acceptors (Lipinski definition) is 2. The molecule has 0 atom stereocenters. The molecule has 1 aliphatic heterocycles. The quantitative estimate of drug-likeness (QED) is 0.768. The predicted molar refractivity (Wildman–Crippen MR) is 91.8 cm³/mol. The molecule has 0 spiro atoms. The number of anilines is 1. The molecule has 23 heavy (non-hydrogen) atoms. The fraction of sp³-hybridized carbons (Fsp3) is 0.350. The lowest BCUT2D eigenvalue weighted by atomic mass is 9.98. The van der Waals surface area contributed by atoms with E-state index in [4.69, 9.17) is 0 Å². The van der Waals surface area contributed by atoms with Gasteiger partial charge in [-0.2, -0.15) is 0 Å². The van der Waals surface area contributed by atoms with E-state index < -0.39 is 0 Å². The predicted octanol–water partition coefficient (Wildman–Crippen LogP) is 4.66. The van der Waals surface area contributed by atoms with Crippen molar-refractivity contribution in [2.45, 2.75) is 33.1 Å². The highest BCUT2D eigenvalue weighted by Gasteiger charge is 2.17. The standard InChI is InChI=1S/C20H22FNO/c1-14-6-7-16(12-15(14)2)20(23)17-8-9-19(18(21)13-17)22-10-4-3-5-11-22/h6-9,12-13H,3-5,10-11H2,1-2H3. The summed E-state index contributed by atoms with van der Waals surface area (Å²) >= 11 is 0. The van der Waals surface area contributed by atoms with Gasteiger partial charge >= 0.3 is 0 Å². The summed E-state index contributed by atoms with van der Waals surface area (Å²) in [5, 5.41) is 0. The lowest BCUT2D eigenvalue weighted by Gasteiger charge is -2.29. The van der Waals surface area contributed by atoms with E-state index in [2.05, 4.69) is 4.90 Å². The largest absolute Gasteiger partial charge is 0.369 e. The van der Waals surface area contributed by atoms with Gasteiger partial charge in [-0.05, 0) is 68.5 Å². The Hall–Kier alpha value is -2.16. The molecule has 0 N–H and O–H groups in total. The summed E-state index contributed by atoms with van der Waals surface area (Å²) in [5.41, 5.74) is 3.85. The molecule has 0 amide bonds. The molecular weight excluding hydrogens is 289 g/mol. The fourth-order valence-corrected chi connectivity index (χ4v) is 3.09. The van der Waals surface area contributed by atoms with Crippen LogP contribution >= 0.6 is 0 Å². The Bertz CT molecular complexity index is 732. The third-order valence-electron chi connectivity index (χ3n) is 4.68. The molecule has 0 bridgehead atoms. The molecule has 3 rings (SSSR count). The third-order valence-corrected chi connectivity index (χ3v) is 4.68. The van der Waals surface area contributed by atoms with Crippen LogP contribution in [0.15, 0.2) is 36.4 Å². The van der Waals surface area contributed by atoms with Crippen molar-refractivity contribution in [2.24, 2.45) is 0 Å². The fourth-order valence-electron chi connectivity index (χ4n) is 3.09. The summed E-state index contributed by atoms with van der Waals surface area (Å²) in [7, 11) is 0. The minimum atomic E-state index is -0.304. The maximum Gasteiger partial charge on any atom is 0.193 e. The highest BCUT2D eigenvalue weighted by Crippen LogP contribution is 2.25. The van der Waals surface area contributed by atoms with Crippen molar-refractivity contribution in [3.8, 4) is 0 Å². The number of rotatable bonds is 3. The van der Waals surface area contributed by atoms with Gasteiger partial charge in [-0.3, -0.25) is 4.79 Å². The molecule has 2 aromatic rings. The summed E-state index contributed by atoms with van der Waals surface area (Å²) < 4.78 is 14.5. The Kier molecular flexibility index (Phi) is 4.46. The lowest BCUT2D eigenvalue weighted by molar-refractivity contribution is 0.103. The van der Waals surface area contributed by atoms with Crippen molar-refractivity contribution in [3.63, 3.8) is 0 Å². The number of piperidine rings is 1. The van der Waals surface area contributed by atoms with Gasteiger partial charge in [0, 0.05) is 24.2 Å². The molecule has 0 aliphatic carbocycles. The number of hydrogen-bond donors (Lipinski definition) is 0. The molecule has 1 saturated heterocycles. The van der Waals surface area contributed by atoms with E-state index in [1.807, 2.05) is 26.0 Å². The molecule has 2 aromatic carbocycles. The van der Waals surface area contributed by atoms with Crippen LogP contribution < -0.4 is 4.90 Å². The Balaban J connectivity index is 1.86. The topological polar surface area (TPSA) is 20.3 Å². The maximum absolute atomic E-state index is 14.5. The van der Waals surface area contributed by atoms with Gasteiger partial charge in [-0.1, -0.05) is 12.1 Å². The first-order valence-corrected chi connectivity index (χ1v) is 8.23. The van der Waals surface area contributed by atoms with Crippen LogP contribution in [0.2, 0.25) is 0 Å². The van der Waals surface area contributed by atoms with Crippen molar-refractivity contribution in [1.29, 1.82) is 0 Å². The van der Waals surface area contributed by atoms with Gasteiger partial charge in [0.25, 0.3) is 0 Å². The lowest BCUT2D eigenvalue weighted by Crippen LogP contribution is -2.30. The van der Waals surface area contributed by atoms with Gasteiger partial charge in [0.1, 0.15) is 5.82 Å². The monoisotopic (exact) mass is 311 g/mol. The second-order valence-electron chi connectivity index (χ2n) is 6.34. The van der Waals surface area contributed by atoms with Crippen LogP contribution in [0, 0.1) is 19.7 Å². The number of aryl methyl sites for hydroxylation is 2. The summed E-state index contributed by atoms with van der Waals surface area (Å²) in [5.74, 6) is -0.432. The van der Waals surface area contributed by atoms with Crippen LogP contribution in [-0.2, 0) is 0 Å². The van der Waals surface area contributed by atoms with E-state index in [-0.39, 0.29) is 11.6 Å². The highest BCUT2D eigenvalue weighted by atomic mass is 19.1. The Labute approximate surface area is 136 Å². The van der Waals surface area contributed by atoms with Crippen LogP contribution in [0.4, 0.5) is 10.1 Å². The van der Waals surface area contributed by atoms with E-state index in [0.717, 1.165) is 37.1 Å². The van der Waals surface area contributed by atoms with Crippen LogP contribution in [-0.4, -0.2) is 18.9 Å². The molecule has 0 saturated carbocycles. The van der Waals surface area contributed by atoms with Crippen LogP contribution in [0.1, 0.15) is 46.3 Å². The number of halogens is 1. The number of ketones is 1. The molecule has 1 heterocycles. The molecule has 0 unspecified atom stereocenters. The van der Waals surface area contributed by atoms with Crippen LogP contribution in [0.25, 0.3) is 0 Å². The molecule has 0 aromatic heterocycles. The first-order valence-electron chi connectivity index (χ1n) is 8.23. The summed E-state index contributed by atoms with van der Waals surface area (Å²) in [6.07, 6.45) is 3.41. The zero-order valence-electron chi connectivity index (χ0n) is 13.7. The zero-order chi connectivity index (χ0) is 16.4. The maximum atomic E-state index is 14.5. The summed E-state index contributed by atoms with van der Waals surface area (Å²) in [6, 6.07) is 10.5. The second-order valence-corrected chi connectivity index (χ2v) is 6.34. The SMILES string of the molecule is Cc1ccc(C(=O)c2ccc(N3CCCCC3)c(F)c2)cc1C. The van der Waals surface area contributed by atoms with Gasteiger partial charge in [0.05, 0.1) is 5.69 Å². The highest BCUT2D eigenvalue weighted by molar-refractivity contribution is 6.09. The summed E-state index contributed by atoms with van der Waals surface area (Å²) in [6.45, 7) is 5.77. The van der Waals surface area contributed by atoms with Crippen molar-refractivity contribution in [1.82, 2.24) is 0 Å². The van der Waals surface area contributed by atoms with E-state index in [1.165, 1.54) is 12.5 Å². The number of benzene rings is 2. The molecule has 3 heteroatoms. The number of carbonyl (C=O) groups excluding carboxylic acids is 1. The molecule has 0 radical (unpaired) electrons. The number of nitrogens with zero attached hydrogens (tertiary/aromatic N) is 1. The van der Waals surface area contributed by atoms with E-state index in [1.54, 1.807) is 18.2 Å². The Morgan fingerprint density at radius 2 is 1.57 bits per heavy atom. The average molecular weight is 311 g/mol. The van der Waals surface area contributed by atoms with Crippen LogP contribution in [0.5, 0.6) is 0 Å². The van der Waals surface area contributed by atoms with Gasteiger partial charge in [0.2, 0.25) is 0 Å². The molecule has 1 aliphatic rings. The van der Waals surface area contributed by atoms with Crippen molar-refractivity contribution in [3.05, 3.63) is 64.5 Å². The van der Waals surface area contributed by atoms with Crippen molar-refractivity contribution < 1.29 is 9.18 Å². The Morgan fingerprint density at radius 1 is 0.913 bits per heavy atom. The third kappa shape index (κ3) is 3.29. The first-order chi connectivity index (χ1) is 11.1. The van der Waals surface area contributed by atoms with Gasteiger partial charge < -0.3 is 4.90 Å². The van der Waals surface area contributed by atoms with Crippen molar-refractivity contribution >= 4 is 11.5 Å². The Morgan fingerprint density at radius 3 is 2.22 bits per heavy atom. The zero-order valence-corrected chi connectivity index (χ0v) is 13.7. The van der Waals surface area contributed by atoms with E-state index in [9.17, 15) is 9.18 Å². The van der Waals surface area contributed by atoms with Crippen LogP contribution in [0.3, 0.4) is 0 Å². The molecule has 1 fully saturated rings. The minimum absolute atomic E-state index is 0.128. The number of carbonyl (C=O) groups is 1. The summed E-state index contributed by atoms with van der Waals surface area (Å²) in [4.78, 5) is 14.6. The smallest absolute Gasteiger partial charge is 0.193 e. The molecule has 2 nitrogen and oxygen atoms in total. The van der Waals surface area contributed by atoms with Gasteiger partial charge in [0.15, 0.2) is 5.78 Å². The van der Waals surface area contributed by atoms with Gasteiger partial charge in [-0.15, -0.1) is 0 Å².